The number of hydrogen-bond donors (Lipinski definition) is 4. The number of nitrogens with one attached hydrogen (secondary N) is 4. The van der Waals surface area contributed by atoms with E-state index in [1.165, 1.54) is 26.5 Å². The second-order valence-corrected chi connectivity index (χ2v) is 8.73. The highest BCUT2D eigenvalue weighted by Gasteiger charge is 2.13. The van der Waals surface area contributed by atoms with Crippen molar-refractivity contribution in [3.05, 3.63) is 46.6 Å². The number of amides is 4. The van der Waals surface area contributed by atoms with Crippen LogP contribution in [0.15, 0.2) is 12.7 Å². The quantitative estimate of drug-likeness (QED) is 0.463. The van der Waals surface area contributed by atoms with Gasteiger partial charge in [0.1, 0.15) is 24.0 Å². The molecule has 0 unspecified atom stereocenters. The van der Waals surface area contributed by atoms with Crippen molar-refractivity contribution in [3.8, 4) is 0 Å². The predicted molar refractivity (Wildman–Crippen MR) is 148 cm³/mol. The van der Waals surface area contributed by atoms with Crippen molar-refractivity contribution in [2.75, 3.05) is 14.1 Å². The van der Waals surface area contributed by atoms with Gasteiger partial charge in [-0.15, -0.1) is 0 Å². The molecule has 2 heterocycles. The minimum Gasteiger partial charge on any atom is -0.359 e. The molecule has 0 aliphatic rings. The van der Waals surface area contributed by atoms with E-state index in [2.05, 4.69) is 41.2 Å². The van der Waals surface area contributed by atoms with Crippen LogP contribution in [0.25, 0.3) is 0 Å². The summed E-state index contributed by atoms with van der Waals surface area (Å²) in [6.45, 7) is 18.0. The molecule has 0 bridgehead atoms. The Balaban J connectivity index is 0. The van der Waals surface area contributed by atoms with Crippen molar-refractivity contribution in [1.82, 2.24) is 41.2 Å². The molecular formula is C26H44N8O4. The van der Waals surface area contributed by atoms with E-state index >= 15 is 0 Å². The zero-order valence-corrected chi connectivity index (χ0v) is 24.7. The highest BCUT2D eigenvalue weighted by Crippen LogP contribution is 2.07. The van der Waals surface area contributed by atoms with Crippen molar-refractivity contribution >= 4 is 23.6 Å². The topological polar surface area (TPSA) is 168 Å². The van der Waals surface area contributed by atoms with Crippen LogP contribution < -0.4 is 21.3 Å². The molecule has 0 saturated carbocycles. The number of carbonyl (C=O) groups excluding carboxylic acids is 4. The van der Waals surface area contributed by atoms with Gasteiger partial charge in [0.15, 0.2) is 0 Å². The highest BCUT2D eigenvalue weighted by atomic mass is 16.2. The van der Waals surface area contributed by atoms with Crippen molar-refractivity contribution in [1.29, 1.82) is 0 Å². The minimum atomic E-state index is -0.136. The molecule has 4 N–H and O–H groups in total. The normalized spacial score (nSPS) is 9.42. The van der Waals surface area contributed by atoms with E-state index in [1.54, 1.807) is 14.1 Å². The number of carbonyl (C=O) groups is 4. The molecule has 212 valence electrons. The summed E-state index contributed by atoms with van der Waals surface area (Å²) in [4.78, 5) is 58.6. The van der Waals surface area contributed by atoms with E-state index in [0.717, 1.165) is 22.5 Å². The van der Waals surface area contributed by atoms with Gasteiger partial charge in [-0.25, -0.2) is 19.9 Å². The summed E-state index contributed by atoms with van der Waals surface area (Å²) in [5.41, 5.74) is 4.29. The average Bonchev–Trinajstić information content (AvgIpc) is 2.82. The third kappa shape index (κ3) is 15.9. The summed E-state index contributed by atoms with van der Waals surface area (Å²) in [5, 5.41) is 10.4. The van der Waals surface area contributed by atoms with E-state index in [0.29, 0.717) is 11.4 Å². The van der Waals surface area contributed by atoms with Gasteiger partial charge in [-0.2, -0.15) is 0 Å². The molecule has 0 atom stereocenters. The maximum atomic E-state index is 11.6. The van der Waals surface area contributed by atoms with Crippen LogP contribution in [0, 0.1) is 27.7 Å². The summed E-state index contributed by atoms with van der Waals surface area (Å²) in [6, 6.07) is 0.245. The fraction of sp³-hybridized carbons (Fsp3) is 0.538. The highest BCUT2D eigenvalue weighted by molar-refractivity contribution is 5.94. The fourth-order valence-electron chi connectivity index (χ4n) is 2.20. The van der Waals surface area contributed by atoms with Crippen molar-refractivity contribution in [2.24, 2.45) is 0 Å². The van der Waals surface area contributed by atoms with E-state index < -0.39 is 0 Å². The van der Waals surface area contributed by atoms with E-state index in [1.807, 2.05) is 55.4 Å². The SMILES string of the molecule is CNC(C)=O.CNC(C)=O.Cc1ncnc(C(=O)NC(C)C)c1C.Cc1ncnc(C(=O)NC(C)C)c1C. The molecule has 4 amide bonds. The molecule has 2 aromatic rings. The molecule has 0 aliphatic carbocycles. The lowest BCUT2D eigenvalue weighted by Gasteiger charge is -2.09. The first-order chi connectivity index (χ1) is 17.6. The summed E-state index contributed by atoms with van der Waals surface area (Å²) in [5.74, 6) is -0.263. The zero-order valence-electron chi connectivity index (χ0n) is 24.7. The Bertz CT molecular complexity index is 972. The Morgan fingerprint density at radius 2 is 0.868 bits per heavy atom. The van der Waals surface area contributed by atoms with E-state index in [4.69, 9.17) is 0 Å². The number of nitrogens with zero attached hydrogens (tertiary/aromatic N) is 4. The molecule has 0 fully saturated rings. The second-order valence-electron chi connectivity index (χ2n) is 8.73. The summed E-state index contributed by atoms with van der Waals surface area (Å²) >= 11 is 0. The molecule has 0 aromatic carbocycles. The molecule has 0 spiro atoms. The molecule has 0 radical (unpaired) electrons. The van der Waals surface area contributed by atoms with Gasteiger partial charge in [0.05, 0.1) is 0 Å². The van der Waals surface area contributed by atoms with E-state index in [9.17, 15) is 19.2 Å². The van der Waals surface area contributed by atoms with Gasteiger partial charge in [-0.3, -0.25) is 19.2 Å². The lowest BCUT2D eigenvalue weighted by Crippen LogP contribution is -2.31. The summed E-state index contributed by atoms with van der Waals surface area (Å²) < 4.78 is 0. The van der Waals surface area contributed by atoms with Crippen molar-refractivity contribution in [3.63, 3.8) is 0 Å². The monoisotopic (exact) mass is 532 g/mol. The lowest BCUT2D eigenvalue weighted by molar-refractivity contribution is -0.119. The third-order valence-corrected chi connectivity index (χ3v) is 4.65. The van der Waals surface area contributed by atoms with Crippen LogP contribution in [0.3, 0.4) is 0 Å². The predicted octanol–water partition coefficient (Wildman–Crippen LogP) is 1.97. The van der Waals surface area contributed by atoms with Crippen molar-refractivity contribution < 1.29 is 19.2 Å². The Kier molecular flexibility index (Phi) is 18.3. The second kappa shape index (κ2) is 19.2. The fourth-order valence-corrected chi connectivity index (χ4v) is 2.20. The first-order valence-corrected chi connectivity index (χ1v) is 12.1. The standard InChI is InChI=1S/2C10H15N3O.2C3H7NO/c2*1-6(2)13-10(14)9-7(3)8(4)11-5-12-9;2*1-3(5)4-2/h2*5-6H,1-4H3,(H,13,14);2*1-2H3,(H,4,5). The summed E-state index contributed by atoms with van der Waals surface area (Å²) in [6.07, 6.45) is 2.83. The molecule has 12 heteroatoms. The largest absolute Gasteiger partial charge is 0.359 e. The van der Waals surface area contributed by atoms with Crippen LogP contribution in [0.5, 0.6) is 0 Å². The Hall–Kier alpha value is -3.96. The number of hydrogen-bond acceptors (Lipinski definition) is 8. The van der Waals surface area contributed by atoms with E-state index in [-0.39, 0.29) is 35.7 Å². The van der Waals surface area contributed by atoms with Crippen LogP contribution in [-0.4, -0.2) is 69.7 Å². The Labute approximate surface area is 226 Å². The smallest absolute Gasteiger partial charge is 0.270 e. The Morgan fingerprint density at radius 3 is 1.08 bits per heavy atom. The number of rotatable bonds is 4. The van der Waals surface area contributed by atoms with Gasteiger partial charge >= 0.3 is 0 Å². The van der Waals surface area contributed by atoms with Gasteiger partial charge in [0.2, 0.25) is 11.8 Å². The van der Waals surface area contributed by atoms with Crippen LogP contribution in [0.4, 0.5) is 0 Å². The van der Waals surface area contributed by atoms with Crippen LogP contribution in [0.1, 0.15) is 85.0 Å². The van der Waals surface area contributed by atoms with Gasteiger partial charge in [0.25, 0.3) is 11.8 Å². The van der Waals surface area contributed by atoms with Gasteiger partial charge in [0, 0.05) is 62.5 Å². The first kappa shape index (κ1) is 36.2. The minimum absolute atomic E-state index is 0.00463. The lowest BCUT2D eigenvalue weighted by atomic mass is 10.2. The zero-order chi connectivity index (χ0) is 30.0. The molecular weight excluding hydrogens is 488 g/mol. The third-order valence-electron chi connectivity index (χ3n) is 4.65. The van der Waals surface area contributed by atoms with Crippen molar-refractivity contribution in [2.45, 2.75) is 81.3 Å². The van der Waals surface area contributed by atoms with Gasteiger partial charge in [-0.1, -0.05) is 0 Å². The first-order valence-electron chi connectivity index (χ1n) is 12.1. The summed E-state index contributed by atoms with van der Waals surface area (Å²) in [7, 11) is 3.20. The van der Waals surface area contributed by atoms with Gasteiger partial charge < -0.3 is 21.3 Å². The number of aryl methyl sites for hydroxylation is 2. The van der Waals surface area contributed by atoms with Crippen LogP contribution >= 0.6 is 0 Å². The Morgan fingerprint density at radius 1 is 0.605 bits per heavy atom. The van der Waals surface area contributed by atoms with Crippen LogP contribution in [0.2, 0.25) is 0 Å². The molecule has 12 nitrogen and oxygen atoms in total. The molecule has 38 heavy (non-hydrogen) atoms. The van der Waals surface area contributed by atoms with Crippen LogP contribution in [-0.2, 0) is 9.59 Å². The molecule has 0 aliphatic heterocycles. The molecule has 2 rings (SSSR count). The maximum Gasteiger partial charge on any atom is 0.270 e. The molecule has 2 aromatic heterocycles. The molecule has 0 saturated heterocycles. The maximum absolute atomic E-state index is 11.6. The average molecular weight is 533 g/mol. The number of aromatic nitrogens is 4. The van der Waals surface area contributed by atoms with Gasteiger partial charge in [-0.05, 0) is 55.4 Å².